The van der Waals surface area contributed by atoms with Crippen molar-refractivity contribution >= 4 is 12.3 Å². The van der Waals surface area contributed by atoms with E-state index in [0.717, 1.165) is 0 Å². The van der Waals surface area contributed by atoms with E-state index in [1.807, 2.05) is 0 Å². The number of rotatable bonds is 3. The molecule has 1 aromatic rings. The Morgan fingerprint density at radius 1 is 1.31 bits per heavy atom. The van der Waals surface area contributed by atoms with Gasteiger partial charge >= 0.3 is 5.97 Å². The molecular weight excluding hydrogens is 172 g/mol. The second-order valence-electron chi connectivity index (χ2n) is 2.51. The lowest BCUT2D eigenvalue weighted by molar-refractivity contribution is -0.115. The number of aliphatic hydroxyl groups is 1. The highest BCUT2D eigenvalue weighted by molar-refractivity contribution is 5.87. The van der Waals surface area contributed by atoms with E-state index in [1.54, 1.807) is 0 Å². The molecule has 0 aliphatic carbocycles. The lowest BCUT2D eigenvalue weighted by Gasteiger charge is -2.02. The molecule has 0 saturated carbocycles. The van der Waals surface area contributed by atoms with Crippen molar-refractivity contribution in [3.05, 3.63) is 35.4 Å². The Morgan fingerprint density at radius 2 is 1.85 bits per heavy atom. The lowest BCUT2D eigenvalue weighted by atomic mass is 10.1. The van der Waals surface area contributed by atoms with Crippen LogP contribution < -0.4 is 0 Å². The third-order valence-electron chi connectivity index (χ3n) is 1.63. The van der Waals surface area contributed by atoms with Crippen LogP contribution in [0.3, 0.4) is 0 Å². The van der Waals surface area contributed by atoms with E-state index in [1.165, 1.54) is 24.3 Å². The van der Waals surface area contributed by atoms with Crippen LogP contribution in [0.25, 0.3) is 0 Å². The first-order chi connectivity index (χ1) is 6.15. The van der Waals surface area contributed by atoms with Gasteiger partial charge in [0.05, 0.1) is 5.56 Å². The molecule has 0 heterocycles. The van der Waals surface area contributed by atoms with Crippen LogP contribution in [0.15, 0.2) is 24.3 Å². The molecule has 4 nitrogen and oxygen atoms in total. The van der Waals surface area contributed by atoms with Crippen molar-refractivity contribution in [2.75, 3.05) is 0 Å². The molecule has 0 bridgehead atoms. The number of carboxylic acid groups (broad SMARTS) is 1. The number of aliphatic hydroxyl groups excluding tert-OH is 1. The molecule has 0 aliphatic heterocycles. The molecule has 0 aliphatic rings. The molecule has 0 amide bonds. The topological polar surface area (TPSA) is 74.6 Å². The molecule has 0 radical (unpaired) electrons. The van der Waals surface area contributed by atoms with Gasteiger partial charge in [-0.1, -0.05) is 12.1 Å². The van der Waals surface area contributed by atoms with Crippen molar-refractivity contribution in [3.63, 3.8) is 0 Å². The summed E-state index contributed by atoms with van der Waals surface area (Å²) >= 11 is 0. The van der Waals surface area contributed by atoms with E-state index in [4.69, 9.17) is 10.2 Å². The van der Waals surface area contributed by atoms with E-state index in [9.17, 15) is 9.59 Å². The van der Waals surface area contributed by atoms with E-state index < -0.39 is 12.1 Å². The third kappa shape index (κ3) is 2.13. The first-order valence-electron chi connectivity index (χ1n) is 3.62. The molecule has 13 heavy (non-hydrogen) atoms. The molecule has 0 spiro atoms. The number of hydrogen-bond acceptors (Lipinski definition) is 3. The zero-order valence-electron chi connectivity index (χ0n) is 6.68. The predicted octanol–water partition coefficient (Wildman–Crippen LogP) is 0.617. The molecule has 1 aromatic carbocycles. The minimum atomic E-state index is -1.18. The summed E-state index contributed by atoms with van der Waals surface area (Å²) in [4.78, 5) is 20.6. The van der Waals surface area contributed by atoms with Crippen LogP contribution in [-0.2, 0) is 4.79 Å². The maximum absolute atomic E-state index is 10.4. The Balaban J connectivity index is 2.93. The number of carbonyl (C=O) groups is 2. The quantitative estimate of drug-likeness (QED) is 0.668. The lowest BCUT2D eigenvalue weighted by Crippen LogP contribution is -2.00. The van der Waals surface area contributed by atoms with Gasteiger partial charge < -0.3 is 15.0 Å². The van der Waals surface area contributed by atoms with E-state index in [-0.39, 0.29) is 5.56 Å². The van der Waals surface area contributed by atoms with E-state index in [0.29, 0.717) is 11.8 Å². The largest absolute Gasteiger partial charge is 0.478 e. The van der Waals surface area contributed by atoms with Crippen LogP contribution in [0.2, 0.25) is 0 Å². The van der Waals surface area contributed by atoms with Crippen molar-refractivity contribution in [2.45, 2.75) is 6.10 Å². The second kappa shape index (κ2) is 3.82. The fourth-order valence-electron chi connectivity index (χ4n) is 0.901. The Hall–Kier alpha value is -1.68. The summed E-state index contributed by atoms with van der Waals surface area (Å²) in [5, 5.41) is 17.6. The molecule has 2 N–H and O–H groups in total. The molecule has 68 valence electrons. The van der Waals surface area contributed by atoms with Crippen LogP contribution >= 0.6 is 0 Å². The number of benzene rings is 1. The first-order valence-corrected chi connectivity index (χ1v) is 3.62. The summed E-state index contributed by atoms with van der Waals surface area (Å²) in [5.74, 6) is -1.04. The van der Waals surface area contributed by atoms with Crippen molar-refractivity contribution in [3.8, 4) is 0 Å². The summed E-state index contributed by atoms with van der Waals surface area (Å²) in [6, 6.07) is 5.49. The van der Waals surface area contributed by atoms with Gasteiger partial charge in [0, 0.05) is 0 Å². The summed E-state index contributed by atoms with van der Waals surface area (Å²) in [5.41, 5.74) is 0.516. The van der Waals surface area contributed by atoms with Gasteiger partial charge in [-0.15, -0.1) is 0 Å². The number of carboxylic acids is 1. The standard InChI is InChI=1S/C9H8O4/c10-5-8(11)6-1-3-7(4-2-6)9(12)13/h1-5,8,11H,(H,12,13). The first kappa shape index (κ1) is 9.41. The van der Waals surface area contributed by atoms with E-state index in [2.05, 4.69) is 0 Å². The summed E-state index contributed by atoms with van der Waals surface area (Å²) < 4.78 is 0. The normalized spacial score (nSPS) is 12.1. The molecular formula is C9H8O4. The number of aldehydes is 1. The Labute approximate surface area is 74.4 Å². The van der Waals surface area contributed by atoms with Crippen LogP contribution in [0.1, 0.15) is 22.0 Å². The number of aromatic carboxylic acids is 1. The highest BCUT2D eigenvalue weighted by Gasteiger charge is 2.06. The smallest absolute Gasteiger partial charge is 0.335 e. The van der Waals surface area contributed by atoms with Crippen LogP contribution in [-0.4, -0.2) is 22.5 Å². The van der Waals surface area contributed by atoms with Gasteiger partial charge in [0.1, 0.15) is 6.10 Å². The van der Waals surface area contributed by atoms with Gasteiger partial charge in [-0.3, -0.25) is 0 Å². The van der Waals surface area contributed by atoms with Gasteiger partial charge in [-0.2, -0.15) is 0 Å². The Kier molecular flexibility index (Phi) is 2.76. The van der Waals surface area contributed by atoms with Gasteiger partial charge in [-0.05, 0) is 17.7 Å². The highest BCUT2D eigenvalue weighted by Crippen LogP contribution is 2.11. The number of hydrogen-bond donors (Lipinski definition) is 2. The fraction of sp³-hybridized carbons (Fsp3) is 0.111. The average molecular weight is 180 g/mol. The fourth-order valence-corrected chi connectivity index (χ4v) is 0.901. The molecule has 1 rings (SSSR count). The van der Waals surface area contributed by atoms with Gasteiger partial charge in [0.15, 0.2) is 6.29 Å². The molecule has 1 atom stereocenters. The van der Waals surface area contributed by atoms with E-state index >= 15 is 0 Å². The van der Waals surface area contributed by atoms with Crippen LogP contribution in [0.4, 0.5) is 0 Å². The summed E-state index contributed by atoms with van der Waals surface area (Å²) in [7, 11) is 0. The van der Waals surface area contributed by atoms with Gasteiger partial charge in [-0.25, -0.2) is 4.79 Å². The number of carbonyl (C=O) groups excluding carboxylic acids is 1. The summed E-state index contributed by atoms with van der Waals surface area (Å²) in [6.45, 7) is 0. The minimum absolute atomic E-state index is 0.127. The predicted molar refractivity (Wildman–Crippen MR) is 44.4 cm³/mol. The third-order valence-corrected chi connectivity index (χ3v) is 1.63. The Bertz CT molecular complexity index is 315. The molecule has 4 heteroatoms. The van der Waals surface area contributed by atoms with Crippen LogP contribution in [0, 0.1) is 0 Å². The average Bonchev–Trinajstić information content (AvgIpc) is 2.17. The summed E-state index contributed by atoms with van der Waals surface area (Å²) in [6.07, 6.45) is -0.793. The molecule has 0 aromatic heterocycles. The SMILES string of the molecule is O=CC(O)c1ccc(C(=O)O)cc1. The zero-order chi connectivity index (χ0) is 9.84. The molecule has 0 saturated heterocycles. The van der Waals surface area contributed by atoms with Crippen molar-refractivity contribution in [1.29, 1.82) is 0 Å². The van der Waals surface area contributed by atoms with Crippen LogP contribution in [0.5, 0.6) is 0 Å². The van der Waals surface area contributed by atoms with Crippen molar-refractivity contribution in [2.24, 2.45) is 0 Å². The molecule has 0 fully saturated rings. The van der Waals surface area contributed by atoms with Crippen molar-refractivity contribution < 1.29 is 19.8 Å². The van der Waals surface area contributed by atoms with Gasteiger partial charge in [0.2, 0.25) is 0 Å². The minimum Gasteiger partial charge on any atom is -0.478 e. The maximum Gasteiger partial charge on any atom is 0.335 e. The van der Waals surface area contributed by atoms with Crippen molar-refractivity contribution in [1.82, 2.24) is 0 Å². The molecule has 1 unspecified atom stereocenters. The maximum atomic E-state index is 10.4. The zero-order valence-corrected chi connectivity index (χ0v) is 6.68. The Morgan fingerprint density at radius 3 is 2.23 bits per heavy atom. The van der Waals surface area contributed by atoms with Gasteiger partial charge in [0.25, 0.3) is 0 Å². The highest BCUT2D eigenvalue weighted by atomic mass is 16.4. The monoisotopic (exact) mass is 180 g/mol. The second-order valence-corrected chi connectivity index (χ2v) is 2.51.